The minimum absolute atomic E-state index is 0.00386. The minimum Gasteiger partial charge on any atom is -0.389 e. The highest BCUT2D eigenvalue weighted by Gasteiger charge is 2.32. The van der Waals surface area contributed by atoms with Gasteiger partial charge in [-0.25, -0.2) is 9.97 Å². The molecule has 2 aliphatic heterocycles. The second-order valence-corrected chi connectivity index (χ2v) is 12.2. The molecule has 0 radical (unpaired) electrons. The SMILES string of the molecule is CC1CN(c2nc(N(CC(C)(C)O)C(C)O)c3nc(-c4ccccc4)c(N4CC(C)OC(C)C4)nc3n2)CC(C)O1. The Bertz CT molecular complexity index is 1330. The summed E-state index contributed by atoms with van der Waals surface area (Å²) in [6, 6.07) is 9.96. The third-order valence-corrected chi connectivity index (χ3v) is 7.23. The van der Waals surface area contributed by atoms with Gasteiger partial charge in [-0.3, -0.25) is 0 Å². The lowest BCUT2D eigenvalue weighted by atomic mass is 10.1. The number of hydrogen-bond acceptors (Lipinski definition) is 11. The number of morpholine rings is 2. The van der Waals surface area contributed by atoms with Gasteiger partial charge in [0.15, 0.2) is 22.8 Å². The van der Waals surface area contributed by atoms with Crippen LogP contribution in [0.25, 0.3) is 22.4 Å². The van der Waals surface area contributed by atoms with E-state index in [4.69, 9.17) is 29.4 Å². The normalized spacial score (nSPS) is 24.5. The first-order chi connectivity index (χ1) is 19.4. The number of rotatable bonds is 7. The molecular formula is C30H43N7O4. The van der Waals surface area contributed by atoms with Gasteiger partial charge >= 0.3 is 0 Å². The summed E-state index contributed by atoms with van der Waals surface area (Å²) in [5.74, 6) is 1.65. The van der Waals surface area contributed by atoms with Gasteiger partial charge < -0.3 is 34.4 Å². The summed E-state index contributed by atoms with van der Waals surface area (Å²) in [7, 11) is 0. The summed E-state index contributed by atoms with van der Waals surface area (Å²) in [5.41, 5.74) is 1.41. The van der Waals surface area contributed by atoms with Gasteiger partial charge in [0.25, 0.3) is 0 Å². The molecule has 0 spiro atoms. The predicted octanol–water partition coefficient (Wildman–Crippen LogP) is 3.23. The van der Waals surface area contributed by atoms with Crippen LogP contribution < -0.4 is 14.7 Å². The lowest BCUT2D eigenvalue weighted by Crippen LogP contribution is -2.47. The number of aliphatic hydroxyl groups is 2. The molecule has 11 heteroatoms. The molecule has 5 rings (SSSR count). The first kappa shape index (κ1) is 29.4. The van der Waals surface area contributed by atoms with Gasteiger partial charge in [0, 0.05) is 31.7 Å². The van der Waals surface area contributed by atoms with Gasteiger partial charge in [-0.15, -0.1) is 0 Å². The third kappa shape index (κ3) is 6.69. The Balaban J connectivity index is 1.76. The van der Waals surface area contributed by atoms with Crippen molar-refractivity contribution in [3.05, 3.63) is 30.3 Å². The Morgan fingerprint density at radius 2 is 1.44 bits per heavy atom. The molecule has 0 saturated carbocycles. The molecule has 2 saturated heterocycles. The number of benzene rings is 1. The Morgan fingerprint density at radius 3 is 1.98 bits per heavy atom. The van der Waals surface area contributed by atoms with Crippen LogP contribution in [0.5, 0.6) is 0 Å². The van der Waals surface area contributed by atoms with Crippen molar-refractivity contribution in [2.24, 2.45) is 0 Å². The molecule has 2 aliphatic rings. The van der Waals surface area contributed by atoms with Crippen LogP contribution in [-0.4, -0.2) is 99.1 Å². The van der Waals surface area contributed by atoms with E-state index in [1.54, 1.807) is 25.7 Å². The van der Waals surface area contributed by atoms with Gasteiger partial charge in [-0.1, -0.05) is 30.3 Å². The quantitative estimate of drug-likeness (QED) is 0.411. The zero-order valence-corrected chi connectivity index (χ0v) is 25.2. The molecule has 4 heterocycles. The first-order valence-electron chi connectivity index (χ1n) is 14.5. The van der Waals surface area contributed by atoms with E-state index in [9.17, 15) is 10.2 Å². The van der Waals surface area contributed by atoms with Crippen molar-refractivity contribution in [1.29, 1.82) is 0 Å². The second-order valence-electron chi connectivity index (χ2n) is 12.2. The zero-order valence-electron chi connectivity index (χ0n) is 25.2. The van der Waals surface area contributed by atoms with E-state index < -0.39 is 11.8 Å². The molecule has 0 bridgehead atoms. The van der Waals surface area contributed by atoms with Crippen LogP contribution in [-0.2, 0) is 9.47 Å². The fourth-order valence-corrected chi connectivity index (χ4v) is 5.76. The number of aromatic nitrogens is 4. The summed E-state index contributed by atoms with van der Waals surface area (Å²) < 4.78 is 12.0. The second kappa shape index (κ2) is 11.6. The Kier molecular flexibility index (Phi) is 8.34. The third-order valence-electron chi connectivity index (χ3n) is 7.23. The maximum absolute atomic E-state index is 10.9. The standard InChI is InChI=1S/C30H43N7O4/c1-18-13-35(14-19(2)40-18)27-24(23-11-9-8-10-12-23)31-25-26(32-27)33-29(36-15-20(3)41-21(4)16-36)34-28(25)37(22(5)38)17-30(6,7)39/h8-12,18-22,38-39H,13-17H2,1-7H3. The summed E-state index contributed by atoms with van der Waals surface area (Å²) in [5, 5.41) is 21.7. The Morgan fingerprint density at radius 1 is 0.878 bits per heavy atom. The molecule has 5 unspecified atom stereocenters. The fraction of sp³-hybridized carbons (Fsp3) is 0.600. The Hall–Kier alpha value is -3.12. The van der Waals surface area contributed by atoms with Crippen molar-refractivity contribution in [2.45, 2.75) is 84.7 Å². The topological polar surface area (TPSA) is 120 Å². The fourth-order valence-electron chi connectivity index (χ4n) is 5.76. The van der Waals surface area contributed by atoms with E-state index in [1.165, 1.54) is 0 Å². The molecule has 2 aromatic heterocycles. The van der Waals surface area contributed by atoms with Crippen LogP contribution in [0.1, 0.15) is 48.5 Å². The summed E-state index contributed by atoms with van der Waals surface area (Å²) in [4.78, 5) is 26.3. The van der Waals surface area contributed by atoms with Crippen LogP contribution >= 0.6 is 0 Å². The maximum Gasteiger partial charge on any atom is 0.229 e. The molecule has 0 aliphatic carbocycles. The average Bonchev–Trinajstić information content (AvgIpc) is 2.89. The van der Waals surface area contributed by atoms with Gasteiger partial charge in [0.2, 0.25) is 5.95 Å². The molecule has 2 fully saturated rings. The van der Waals surface area contributed by atoms with E-state index in [0.717, 1.165) is 11.4 Å². The molecule has 11 nitrogen and oxygen atoms in total. The van der Waals surface area contributed by atoms with E-state index in [-0.39, 0.29) is 31.0 Å². The minimum atomic E-state index is -1.11. The summed E-state index contributed by atoms with van der Waals surface area (Å²) in [6.45, 7) is 16.0. The molecule has 3 aromatic rings. The van der Waals surface area contributed by atoms with Gasteiger partial charge in [-0.05, 0) is 48.5 Å². The van der Waals surface area contributed by atoms with Gasteiger partial charge in [0.05, 0.1) is 36.6 Å². The number of hydrogen-bond donors (Lipinski definition) is 2. The Labute approximate surface area is 242 Å². The lowest BCUT2D eigenvalue weighted by Gasteiger charge is -2.38. The molecule has 222 valence electrons. The molecule has 2 N–H and O–H groups in total. The summed E-state index contributed by atoms with van der Waals surface area (Å²) >= 11 is 0. The van der Waals surface area contributed by atoms with Crippen LogP contribution in [0.15, 0.2) is 30.3 Å². The van der Waals surface area contributed by atoms with Crippen molar-refractivity contribution in [2.75, 3.05) is 47.4 Å². The monoisotopic (exact) mass is 565 g/mol. The highest BCUT2D eigenvalue weighted by Crippen LogP contribution is 2.35. The number of fused-ring (bicyclic) bond motifs is 1. The van der Waals surface area contributed by atoms with E-state index in [1.807, 2.05) is 44.2 Å². The number of ether oxygens (including phenoxy) is 2. The smallest absolute Gasteiger partial charge is 0.229 e. The van der Waals surface area contributed by atoms with Crippen LogP contribution in [0.3, 0.4) is 0 Å². The highest BCUT2D eigenvalue weighted by molar-refractivity contribution is 5.89. The number of anilines is 3. The molecule has 0 amide bonds. The van der Waals surface area contributed by atoms with E-state index in [2.05, 4.69) is 23.6 Å². The zero-order chi connectivity index (χ0) is 29.5. The maximum atomic E-state index is 10.9. The van der Waals surface area contributed by atoms with Crippen LogP contribution in [0, 0.1) is 0 Å². The van der Waals surface area contributed by atoms with Crippen molar-refractivity contribution < 1.29 is 19.7 Å². The molecule has 1 aromatic carbocycles. The van der Waals surface area contributed by atoms with E-state index in [0.29, 0.717) is 54.8 Å². The van der Waals surface area contributed by atoms with Crippen molar-refractivity contribution >= 4 is 28.7 Å². The van der Waals surface area contributed by atoms with Gasteiger partial charge in [0.1, 0.15) is 11.9 Å². The number of nitrogens with zero attached hydrogens (tertiary/aromatic N) is 7. The first-order valence-corrected chi connectivity index (χ1v) is 14.5. The van der Waals surface area contributed by atoms with Crippen LogP contribution in [0.4, 0.5) is 17.6 Å². The largest absolute Gasteiger partial charge is 0.389 e. The number of aliphatic hydroxyl groups excluding tert-OH is 1. The van der Waals surface area contributed by atoms with Crippen molar-refractivity contribution in [1.82, 2.24) is 19.9 Å². The lowest BCUT2D eigenvalue weighted by molar-refractivity contribution is -0.00580. The molecular weight excluding hydrogens is 522 g/mol. The average molecular weight is 566 g/mol. The summed E-state index contributed by atoms with van der Waals surface area (Å²) in [6.07, 6.45) is -0.874. The van der Waals surface area contributed by atoms with Crippen molar-refractivity contribution in [3.8, 4) is 11.3 Å². The molecule has 5 atom stereocenters. The highest BCUT2D eigenvalue weighted by atomic mass is 16.5. The predicted molar refractivity (Wildman–Crippen MR) is 160 cm³/mol. The molecule has 41 heavy (non-hydrogen) atoms. The van der Waals surface area contributed by atoms with Crippen molar-refractivity contribution in [3.63, 3.8) is 0 Å². The van der Waals surface area contributed by atoms with Crippen LogP contribution in [0.2, 0.25) is 0 Å². The van der Waals surface area contributed by atoms with Gasteiger partial charge in [-0.2, -0.15) is 9.97 Å². The van der Waals surface area contributed by atoms with E-state index >= 15 is 0 Å².